The fourth-order valence-electron chi connectivity index (χ4n) is 2.64. The number of likely N-dealkylation sites (N-methyl/N-ethyl adjacent to an activating group) is 1. The first kappa shape index (κ1) is 19.7. The number of allylic oxidation sites excluding steroid dienone is 1. The number of benzene rings is 1. The van der Waals surface area contributed by atoms with Gasteiger partial charge in [0.1, 0.15) is 0 Å². The van der Waals surface area contributed by atoms with Gasteiger partial charge in [-0.1, -0.05) is 36.5 Å². The van der Waals surface area contributed by atoms with E-state index in [-0.39, 0.29) is 29.1 Å². The van der Waals surface area contributed by atoms with E-state index in [2.05, 4.69) is 10.2 Å². The predicted molar refractivity (Wildman–Crippen MR) is 102 cm³/mol. The van der Waals surface area contributed by atoms with Crippen LogP contribution >= 0.6 is 11.3 Å². The van der Waals surface area contributed by atoms with E-state index in [4.69, 9.17) is 4.74 Å². The van der Waals surface area contributed by atoms with Gasteiger partial charge in [-0.15, -0.1) is 10.2 Å². The number of β-amino-alcohol motifs (C(OH)–C–C–N with tert-alkyl or cyclic N) is 1. The zero-order valence-electron chi connectivity index (χ0n) is 15.3. The summed E-state index contributed by atoms with van der Waals surface area (Å²) in [6, 6.07) is 5.69. The molecule has 1 N–H and O–H groups in total. The van der Waals surface area contributed by atoms with Gasteiger partial charge in [0.05, 0.1) is 11.5 Å². The monoisotopic (exact) mass is 405 g/mol. The standard InChI is InChI=1S/C17H19N5O5S/c1-3-4-8-13(27-12-9-6-5-7-11(12)22(25)26)15-18-19-16(28-15)21-14(23)10-20(2)17(21)24/h4-9,13-14,23H,3,10H2,1-2H3/b8-4+. The molecule has 148 valence electrons. The number of anilines is 1. The average molecular weight is 405 g/mol. The summed E-state index contributed by atoms with van der Waals surface area (Å²) in [4.78, 5) is 25.5. The number of nitro benzene ring substituents is 1. The minimum absolute atomic E-state index is 0.104. The van der Waals surface area contributed by atoms with Crippen molar-refractivity contribution >= 4 is 28.2 Å². The first-order valence-electron chi connectivity index (χ1n) is 8.55. The summed E-state index contributed by atoms with van der Waals surface area (Å²) in [6.07, 6.45) is 2.58. The second-order valence-electron chi connectivity index (χ2n) is 6.04. The van der Waals surface area contributed by atoms with Crippen LogP contribution in [0.4, 0.5) is 15.6 Å². The van der Waals surface area contributed by atoms with Crippen molar-refractivity contribution in [1.82, 2.24) is 15.1 Å². The van der Waals surface area contributed by atoms with E-state index in [0.717, 1.165) is 22.7 Å². The van der Waals surface area contributed by atoms with E-state index in [1.54, 1.807) is 25.3 Å². The van der Waals surface area contributed by atoms with E-state index in [9.17, 15) is 20.0 Å². The number of carbonyl (C=O) groups excluding carboxylic acids is 1. The molecule has 1 fully saturated rings. The van der Waals surface area contributed by atoms with Crippen molar-refractivity contribution in [2.24, 2.45) is 0 Å². The van der Waals surface area contributed by atoms with Crippen molar-refractivity contribution < 1.29 is 19.6 Å². The van der Waals surface area contributed by atoms with Crippen LogP contribution in [0.15, 0.2) is 36.4 Å². The Morgan fingerprint density at radius 2 is 2.21 bits per heavy atom. The van der Waals surface area contributed by atoms with Gasteiger partial charge in [-0.3, -0.25) is 10.1 Å². The van der Waals surface area contributed by atoms with E-state index in [1.807, 2.05) is 13.0 Å². The van der Waals surface area contributed by atoms with Crippen LogP contribution in [0.2, 0.25) is 0 Å². The fourth-order valence-corrected chi connectivity index (χ4v) is 3.53. The third-order valence-electron chi connectivity index (χ3n) is 4.01. The molecule has 0 spiro atoms. The molecule has 2 unspecified atom stereocenters. The summed E-state index contributed by atoms with van der Waals surface area (Å²) in [6.45, 7) is 2.11. The van der Waals surface area contributed by atoms with Crippen molar-refractivity contribution in [3.05, 3.63) is 51.5 Å². The number of urea groups is 1. The van der Waals surface area contributed by atoms with Gasteiger partial charge in [-0.2, -0.15) is 0 Å². The Hall–Kier alpha value is -3.05. The number of rotatable bonds is 7. The number of ether oxygens (including phenoxy) is 1. The number of aromatic nitrogens is 2. The zero-order valence-corrected chi connectivity index (χ0v) is 16.1. The molecule has 2 amide bonds. The van der Waals surface area contributed by atoms with Crippen molar-refractivity contribution in [2.75, 3.05) is 18.5 Å². The lowest BCUT2D eigenvalue weighted by Crippen LogP contribution is -2.34. The molecule has 0 aliphatic carbocycles. The van der Waals surface area contributed by atoms with Crippen LogP contribution in [-0.4, -0.2) is 51.0 Å². The maximum absolute atomic E-state index is 12.2. The van der Waals surface area contributed by atoms with Crippen molar-refractivity contribution in [3.8, 4) is 5.75 Å². The number of aliphatic hydroxyl groups excluding tert-OH is 1. The van der Waals surface area contributed by atoms with Crippen LogP contribution in [-0.2, 0) is 0 Å². The molecule has 1 aliphatic heterocycles. The fraction of sp³-hybridized carbons (Fsp3) is 0.353. The lowest BCUT2D eigenvalue weighted by Gasteiger charge is -2.15. The van der Waals surface area contributed by atoms with Crippen LogP contribution in [0, 0.1) is 10.1 Å². The van der Waals surface area contributed by atoms with Gasteiger partial charge in [0, 0.05) is 13.1 Å². The van der Waals surface area contributed by atoms with Crippen LogP contribution in [0.5, 0.6) is 5.75 Å². The SMILES string of the molecule is CC/C=C/C(Oc1ccccc1[N+](=O)[O-])c1nnc(N2C(=O)N(C)CC2O)s1. The summed E-state index contributed by atoms with van der Waals surface area (Å²) in [5.74, 6) is 0.104. The molecule has 10 nitrogen and oxygen atoms in total. The average Bonchev–Trinajstić information content (AvgIpc) is 3.23. The number of nitrogens with zero attached hydrogens (tertiary/aromatic N) is 5. The summed E-state index contributed by atoms with van der Waals surface area (Å²) >= 11 is 1.08. The normalized spacial score (nSPS) is 18.1. The molecule has 0 radical (unpaired) electrons. The molecule has 3 rings (SSSR count). The number of hydrogen-bond donors (Lipinski definition) is 1. The summed E-state index contributed by atoms with van der Waals surface area (Å²) in [5.41, 5.74) is -0.158. The summed E-state index contributed by atoms with van der Waals surface area (Å²) in [5, 5.41) is 30.0. The van der Waals surface area contributed by atoms with Crippen molar-refractivity contribution in [1.29, 1.82) is 0 Å². The van der Waals surface area contributed by atoms with Gasteiger partial charge in [-0.05, 0) is 18.6 Å². The largest absolute Gasteiger partial charge is 0.472 e. The van der Waals surface area contributed by atoms with Gasteiger partial charge in [0.2, 0.25) is 5.13 Å². The highest BCUT2D eigenvalue weighted by molar-refractivity contribution is 7.15. The van der Waals surface area contributed by atoms with Crippen LogP contribution in [0.3, 0.4) is 0 Å². The molecular formula is C17H19N5O5S. The Morgan fingerprint density at radius 1 is 1.46 bits per heavy atom. The van der Waals surface area contributed by atoms with Crippen LogP contribution in [0.25, 0.3) is 0 Å². The Bertz CT molecular complexity index is 902. The molecule has 1 aromatic carbocycles. The summed E-state index contributed by atoms with van der Waals surface area (Å²) < 4.78 is 5.85. The number of carbonyl (C=O) groups is 1. The van der Waals surface area contributed by atoms with Gasteiger partial charge in [0.25, 0.3) is 0 Å². The predicted octanol–water partition coefficient (Wildman–Crippen LogP) is 2.72. The summed E-state index contributed by atoms with van der Waals surface area (Å²) in [7, 11) is 1.58. The molecule has 0 bridgehead atoms. The topological polar surface area (TPSA) is 122 Å². The quantitative estimate of drug-likeness (QED) is 0.427. The molecule has 11 heteroatoms. The van der Waals surface area contributed by atoms with Gasteiger partial charge >= 0.3 is 11.7 Å². The number of para-hydroxylation sites is 2. The minimum atomic E-state index is -1.01. The Kier molecular flexibility index (Phi) is 5.85. The Labute approximate surface area is 164 Å². The van der Waals surface area contributed by atoms with Crippen LogP contribution < -0.4 is 9.64 Å². The molecule has 2 atom stereocenters. The zero-order chi connectivity index (χ0) is 20.3. The lowest BCUT2D eigenvalue weighted by molar-refractivity contribution is -0.386. The second kappa shape index (κ2) is 8.31. The third-order valence-corrected chi connectivity index (χ3v) is 4.99. The van der Waals surface area contributed by atoms with E-state index < -0.39 is 17.3 Å². The van der Waals surface area contributed by atoms with Crippen molar-refractivity contribution in [2.45, 2.75) is 25.7 Å². The smallest absolute Gasteiger partial charge is 0.328 e. The van der Waals surface area contributed by atoms with Gasteiger partial charge < -0.3 is 14.7 Å². The first-order chi connectivity index (χ1) is 13.4. The van der Waals surface area contributed by atoms with Crippen molar-refractivity contribution in [3.63, 3.8) is 0 Å². The third kappa shape index (κ3) is 3.94. The van der Waals surface area contributed by atoms with Gasteiger partial charge in [0.15, 0.2) is 23.1 Å². The number of aliphatic hydroxyl groups is 1. The number of hydrogen-bond acceptors (Lipinski definition) is 8. The molecule has 0 saturated carbocycles. The molecule has 2 heterocycles. The molecule has 1 aromatic heterocycles. The Balaban J connectivity index is 1.90. The molecule has 1 saturated heterocycles. The highest BCUT2D eigenvalue weighted by Crippen LogP contribution is 2.35. The molecule has 1 aliphatic rings. The maximum atomic E-state index is 12.2. The number of amides is 2. The lowest BCUT2D eigenvalue weighted by atomic mass is 10.2. The van der Waals surface area contributed by atoms with Gasteiger partial charge in [-0.25, -0.2) is 9.69 Å². The van der Waals surface area contributed by atoms with Crippen LogP contribution in [0.1, 0.15) is 24.5 Å². The second-order valence-corrected chi connectivity index (χ2v) is 7.02. The minimum Gasteiger partial charge on any atom is -0.472 e. The highest BCUT2D eigenvalue weighted by Gasteiger charge is 2.37. The Morgan fingerprint density at radius 3 is 2.86 bits per heavy atom. The highest BCUT2D eigenvalue weighted by atomic mass is 32.1. The van der Waals surface area contributed by atoms with E-state index in [0.29, 0.717) is 5.01 Å². The molecule has 2 aromatic rings. The van der Waals surface area contributed by atoms with E-state index >= 15 is 0 Å². The first-order valence-corrected chi connectivity index (χ1v) is 9.36. The molecular weight excluding hydrogens is 386 g/mol. The maximum Gasteiger partial charge on any atom is 0.328 e. The van der Waals surface area contributed by atoms with E-state index in [1.165, 1.54) is 17.0 Å². The number of nitro groups is 1. The molecule has 28 heavy (non-hydrogen) atoms.